The van der Waals surface area contributed by atoms with Crippen molar-refractivity contribution in [3.05, 3.63) is 29.3 Å². The van der Waals surface area contributed by atoms with Gasteiger partial charge in [0.05, 0.1) is 12.5 Å². The van der Waals surface area contributed by atoms with Crippen LogP contribution in [0.3, 0.4) is 0 Å². The number of rotatable bonds is 3. The Morgan fingerprint density at radius 2 is 2.11 bits per heavy atom. The van der Waals surface area contributed by atoms with Gasteiger partial charge in [0.25, 0.3) is 0 Å². The molecule has 3 N–H and O–H groups in total. The molecule has 1 saturated heterocycles. The molecule has 1 amide bonds. The van der Waals surface area contributed by atoms with E-state index in [-0.39, 0.29) is 5.91 Å². The van der Waals surface area contributed by atoms with Crippen LogP contribution in [0, 0.1) is 6.92 Å². The van der Waals surface area contributed by atoms with E-state index < -0.39 is 5.41 Å². The summed E-state index contributed by atoms with van der Waals surface area (Å²) in [7, 11) is 1.64. The van der Waals surface area contributed by atoms with E-state index in [1.54, 1.807) is 7.11 Å². The number of nitrogens with two attached hydrogens (primary N) is 1. The topological polar surface area (TPSA) is 73.6 Å². The van der Waals surface area contributed by atoms with Crippen LogP contribution in [0.2, 0.25) is 0 Å². The molecule has 1 aliphatic heterocycles. The van der Waals surface area contributed by atoms with E-state index in [2.05, 4.69) is 5.43 Å². The molecule has 1 aliphatic rings. The third-order valence-electron chi connectivity index (χ3n) is 3.86. The van der Waals surface area contributed by atoms with Crippen LogP contribution >= 0.6 is 0 Å². The number of aryl methyl sites for hydroxylation is 1. The minimum atomic E-state index is -0.593. The van der Waals surface area contributed by atoms with Gasteiger partial charge in [-0.05, 0) is 37.0 Å². The van der Waals surface area contributed by atoms with Crippen LogP contribution in [-0.2, 0) is 14.9 Å². The van der Waals surface area contributed by atoms with Gasteiger partial charge >= 0.3 is 0 Å². The van der Waals surface area contributed by atoms with E-state index in [0.717, 1.165) is 16.9 Å². The van der Waals surface area contributed by atoms with Crippen molar-refractivity contribution >= 4 is 5.91 Å². The Labute approximate surface area is 113 Å². The van der Waals surface area contributed by atoms with Gasteiger partial charge in [0.1, 0.15) is 5.75 Å². The lowest BCUT2D eigenvalue weighted by atomic mass is 9.73. The second kappa shape index (κ2) is 5.59. The average molecular weight is 264 g/mol. The maximum Gasteiger partial charge on any atom is 0.244 e. The number of amides is 1. The van der Waals surface area contributed by atoms with Crippen LogP contribution in [0.4, 0.5) is 0 Å². The Hall–Kier alpha value is -1.59. The first-order valence-electron chi connectivity index (χ1n) is 6.38. The van der Waals surface area contributed by atoms with E-state index in [0.29, 0.717) is 26.1 Å². The molecule has 2 rings (SSSR count). The van der Waals surface area contributed by atoms with Crippen molar-refractivity contribution in [2.45, 2.75) is 25.2 Å². The number of hydrazine groups is 1. The Bertz CT molecular complexity index is 468. The summed E-state index contributed by atoms with van der Waals surface area (Å²) in [6, 6.07) is 5.83. The molecule has 5 nitrogen and oxygen atoms in total. The van der Waals surface area contributed by atoms with E-state index in [1.165, 1.54) is 0 Å². The number of benzene rings is 1. The molecule has 0 aromatic heterocycles. The van der Waals surface area contributed by atoms with Gasteiger partial charge in [0, 0.05) is 13.2 Å². The number of nitrogens with one attached hydrogen (secondary N) is 1. The Morgan fingerprint density at radius 1 is 1.42 bits per heavy atom. The van der Waals surface area contributed by atoms with Crippen molar-refractivity contribution in [2.24, 2.45) is 5.84 Å². The first-order chi connectivity index (χ1) is 9.14. The molecule has 0 spiro atoms. The minimum Gasteiger partial charge on any atom is -0.496 e. The summed E-state index contributed by atoms with van der Waals surface area (Å²) >= 11 is 0. The largest absolute Gasteiger partial charge is 0.496 e. The summed E-state index contributed by atoms with van der Waals surface area (Å²) < 4.78 is 10.6. The van der Waals surface area contributed by atoms with Crippen LogP contribution in [0.1, 0.15) is 24.0 Å². The number of methoxy groups -OCH3 is 1. The average Bonchev–Trinajstić information content (AvgIpc) is 2.47. The van der Waals surface area contributed by atoms with Gasteiger partial charge in [-0.25, -0.2) is 5.84 Å². The van der Waals surface area contributed by atoms with Gasteiger partial charge in [-0.15, -0.1) is 0 Å². The monoisotopic (exact) mass is 264 g/mol. The molecule has 0 atom stereocenters. The highest BCUT2D eigenvalue weighted by Gasteiger charge is 2.41. The zero-order chi connectivity index (χ0) is 13.9. The van der Waals surface area contributed by atoms with Crippen LogP contribution in [0.15, 0.2) is 18.2 Å². The molecule has 1 fully saturated rings. The second-order valence-electron chi connectivity index (χ2n) is 4.85. The quantitative estimate of drug-likeness (QED) is 0.486. The third-order valence-corrected chi connectivity index (χ3v) is 3.86. The van der Waals surface area contributed by atoms with Crippen LogP contribution in [0.25, 0.3) is 0 Å². The maximum atomic E-state index is 12.2. The Kier molecular flexibility index (Phi) is 4.07. The Balaban J connectivity index is 2.43. The van der Waals surface area contributed by atoms with Gasteiger partial charge in [-0.3, -0.25) is 10.2 Å². The fourth-order valence-corrected chi connectivity index (χ4v) is 2.68. The van der Waals surface area contributed by atoms with E-state index in [9.17, 15) is 4.79 Å². The van der Waals surface area contributed by atoms with Crippen molar-refractivity contribution in [3.8, 4) is 5.75 Å². The SMILES string of the molecule is COc1ccc(C2(C(=O)NN)CCOCC2)cc1C. The summed E-state index contributed by atoms with van der Waals surface area (Å²) in [6.07, 6.45) is 1.28. The highest BCUT2D eigenvalue weighted by Crippen LogP contribution is 2.36. The molecule has 0 bridgehead atoms. The van der Waals surface area contributed by atoms with Gasteiger partial charge in [0.2, 0.25) is 5.91 Å². The predicted octanol–water partition coefficient (Wildman–Crippen LogP) is 1.04. The van der Waals surface area contributed by atoms with Crippen LogP contribution < -0.4 is 16.0 Å². The van der Waals surface area contributed by atoms with Crippen molar-refractivity contribution in [1.29, 1.82) is 0 Å². The first kappa shape index (κ1) is 13.8. The number of hydrogen-bond acceptors (Lipinski definition) is 4. The number of hydrogen-bond donors (Lipinski definition) is 2. The predicted molar refractivity (Wildman–Crippen MR) is 71.8 cm³/mol. The van der Waals surface area contributed by atoms with E-state index in [1.807, 2.05) is 25.1 Å². The summed E-state index contributed by atoms with van der Waals surface area (Å²) in [5.74, 6) is 6.02. The number of carbonyl (C=O) groups is 1. The van der Waals surface area contributed by atoms with Gasteiger partial charge in [-0.2, -0.15) is 0 Å². The standard InChI is InChI=1S/C14H20N2O3/c1-10-9-11(3-4-12(10)18-2)14(13(17)16-15)5-7-19-8-6-14/h3-4,9H,5-8,15H2,1-2H3,(H,16,17). The molecule has 0 radical (unpaired) electrons. The van der Waals surface area contributed by atoms with Crippen molar-refractivity contribution < 1.29 is 14.3 Å². The molecular weight excluding hydrogens is 244 g/mol. The fraction of sp³-hybridized carbons (Fsp3) is 0.500. The van der Waals surface area contributed by atoms with Gasteiger partial charge in [-0.1, -0.05) is 12.1 Å². The van der Waals surface area contributed by atoms with Gasteiger partial charge in [0.15, 0.2) is 0 Å². The normalized spacial score (nSPS) is 17.8. The number of carbonyl (C=O) groups excluding carboxylic acids is 1. The molecule has 0 aliphatic carbocycles. The minimum absolute atomic E-state index is 0.152. The van der Waals surface area contributed by atoms with Crippen LogP contribution in [-0.4, -0.2) is 26.2 Å². The fourth-order valence-electron chi connectivity index (χ4n) is 2.68. The lowest BCUT2D eigenvalue weighted by molar-refractivity contribution is -0.130. The van der Waals surface area contributed by atoms with Crippen molar-refractivity contribution in [1.82, 2.24) is 5.43 Å². The second-order valence-corrected chi connectivity index (χ2v) is 4.85. The maximum absolute atomic E-state index is 12.2. The van der Waals surface area contributed by atoms with Crippen molar-refractivity contribution in [3.63, 3.8) is 0 Å². The van der Waals surface area contributed by atoms with Gasteiger partial charge < -0.3 is 9.47 Å². The summed E-state index contributed by atoms with van der Waals surface area (Å²) in [6.45, 7) is 3.10. The van der Waals surface area contributed by atoms with E-state index >= 15 is 0 Å². The summed E-state index contributed by atoms with van der Waals surface area (Å²) in [4.78, 5) is 12.2. The Morgan fingerprint density at radius 3 is 2.63 bits per heavy atom. The molecule has 0 unspecified atom stereocenters. The lowest BCUT2D eigenvalue weighted by Crippen LogP contribution is -2.50. The molecule has 1 heterocycles. The van der Waals surface area contributed by atoms with Crippen molar-refractivity contribution in [2.75, 3.05) is 20.3 Å². The summed E-state index contributed by atoms with van der Waals surface area (Å²) in [5.41, 5.74) is 3.68. The summed E-state index contributed by atoms with van der Waals surface area (Å²) in [5, 5.41) is 0. The molecule has 5 heteroatoms. The molecule has 0 saturated carbocycles. The first-order valence-corrected chi connectivity index (χ1v) is 6.38. The zero-order valence-electron chi connectivity index (χ0n) is 11.4. The molecule has 104 valence electrons. The van der Waals surface area contributed by atoms with E-state index in [4.69, 9.17) is 15.3 Å². The zero-order valence-corrected chi connectivity index (χ0v) is 11.4. The molecule has 1 aromatic carbocycles. The highest BCUT2D eigenvalue weighted by atomic mass is 16.5. The lowest BCUT2D eigenvalue weighted by Gasteiger charge is -2.35. The van der Waals surface area contributed by atoms with Crippen LogP contribution in [0.5, 0.6) is 5.75 Å². The smallest absolute Gasteiger partial charge is 0.244 e. The third kappa shape index (κ3) is 2.43. The number of ether oxygens (including phenoxy) is 2. The molecule has 19 heavy (non-hydrogen) atoms. The molecular formula is C14H20N2O3. The highest BCUT2D eigenvalue weighted by molar-refractivity contribution is 5.88. The molecule has 1 aromatic rings.